The van der Waals surface area contributed by atoms with Gasteiger partial charge in [0.25, 0.3) is 0 Å². The van der Waals surface area contributed by atoms with E-state index < -0.39 is 0 Å². The summed E-state index contributed by atoms with van der Waals surface area (Å²) in [7, 11) is 0. The highest BCUT2D eigenvalue weighted by Gasteiger charge is 2.25. The number of rotatable bonds is 3. The lowest BCUT2D eigenvalue weighted by atomic mass is 9.90. The summed E-state index contributed by atoms with van der Waals surface area (Å²) in [6.45, 7) is 4.44. The fourth-order valence-corrected chi connectivity index (χ4v) is 3.88. The minimum absolute atomic E-state index is 0. The largest absolute Gasteiger partial charge is 0.357 e. The molecule has 0 unspecified atom stereocenters. The molecule has 1 aliphatic carbocycles. The van der Waals surface area contributed by atoms with Crippen molar-refractivity contribution in [1.29, 1.82) is 0 Å². The molecular weight excluding hydrogens is 316 g/mol. The zero-order chi connectivity index (χ0) is 15.8. The summed E-state index contributed by atoms with van der Waals surface area (Å²) >= 11 is 0. The fourth-order valence-electron chi connectivity index (χ4n) is 3.88. The topological polar surface area (TPSA) is 27.8 Å². The van der Waals surface area contributed by atoms with Gasteiger partial charge < -0.3 is 10.3 Å². The Morgan fingerprint density at radius 2 is 1.92 bits per heavy atom. The molecule has 0 fully saturated rings. The summed E-state index contributed by atoms with van der Waals surface area (Å²) in [5, 5.41) is 5.25. The van der Waals surface area contributed by atoms with Crippen LogP contribution in [0.5, 0.6) is 0 Å². The Labute approximate surface area is 150 Å². The van der Waals surface area contributed by atoms with Gasteiger partial charge in [-0.05, 0) is 56.4 Å². The molecule has 24 heavy (non-hydrogen) atoms. The first-order valence-electron chi connectivity index (χ1n) is 8.64. The van der Waals surface area contributed by atoms with E-state index in [1.165, 1.54) is 52.5 Å². The van der Waals surface area contributed by atoms with Crippen LogP contribution in [0.3, 0.4) is 0 Å². The summed E-state index contributed by atoms with van der Waals surface area (Å²) in [6.07, 6.45) is 3.65. The minimum atomic E-state index is 0. The van der Waals surface area contributed by atoms with Gasteiger partial charge >= 0.3 is 0 Å². The molecule has 0 saturated carbocycles. The Hall–Kier alpha value is -1.77. The van der Waals surface area contributed by atoms with Crippen molar-refractivity contribution in [2.75, 3.05) is 0 Å². The maximum atomic E-state index is 3.84. The molecule has 2 nitrogen and oxygen atoms in total. The minimum Gasteiger partial charge on any atom is -0.357 e. The van der Waals surface area contributed by atoms with E-state index >= 15 is 0 Å². The molecule has 3 heteroatoms. The third-order valence-corrected chi connectivity index (χ3v) is 5.11. The Morgan fingerprint density at radius 3 is 2.71 bits per heavy atom. The zero-order valence-corrected chi connectivity index (χ0v) is 15.1. The summed E-state index contributed by atoms with van der Waals surface area (Å²) < 4.78 is 0. The Bertz CT molecular complexity index is 822. The quantitative estimate of drug-likeness (QED) is 0.635. The molecule has 2 aromatic carbocycles. The number of fused-ring (bicyclic) bond motifs is 3. The van der Waals surface area contributed by atoms with E-state index in [1.54, 1.807) is 0 Å². The summed E-state index contributed by atoms with van der Waals surface area (Å²) in [5.74, 6) is 0. The van der Waals surface area contributed by atoms with Crippen molar-refractivity contribution in [3.8, 4) is 0 Å². The van der Waals surface area contributed by atoms with Gasteiger partial charge in [0.05, 0.1) is 0 Å². The van der Waals surface area contributed by atoms with Crippen LogP contribution in [0.25, 0.3) is 10.9 Å². The van der Waals surface area contributed by atoms with Gasteiger partial charge in [0.1, 0.15) is 0 Å². The second-order valence-electron chi connectivity index (χ2n) is 6.81. The van der Waals surface area contributed by atoms with E-state index in [0.29, 0.717) is 12.1 Å². The van der Waals surface area contributed by atoms with Crippen LogP contribution in [-0.4, -0.2) is 4.98 Å². The predicted molar refractivity (Wildman–Crippen MR) is 104 cm³/mol. The SMILES string of the molecule is Cc1ccc2[nH]c3c(c2c1)CCC[C@H]3N[C@@H](C)c1ccccc1.Cl. The van der Waals surface area contributed by atoms with Gasteiger partial charge in [0, 0.05) is 28.7 Å². The molecule has 3 aromatic rings. The first kappa shape index (κ1) is 17.1. The van der Waals surface area contributed by atoms with Gasteiger partial charge in [-0.3, -0.25) is 0 Å². The van der Waals surface area contributed by atoms with Crippen LogP contribution in [0, 0.1) is 6.92 Å². The van der Waals surface area contributed by atoms with Gasteiger partial charge in [0.15, 0.2) is 0 Å². The Morgan fingerprint density at radius 1 is 1.12 bits per heavy atom. The summed E-state index contributed by atoms with van der Waals surface area (Å²) in [6, 6.07) is 18.2. The lowest BCUT2D eigenvalue weighted by Crippen LogP contribution is -2.27. The van der Waals surface area contributed by atoms with E-state index in [4.69, 9.17) is 0 Å². The van der Waals surface area contributed by atoms with Gasteiger partial charge in [-0.25, -0.2) is 0 Å². The highest BCUT2D eigenvalue weighted by molar-refractivity contribution is 5.86. The highest BCUT2D eigenvalue weighted by atomic mass is 35.5. The number of hydrogen-bond donors (Lipinski definition) is 2. The number of hydrogen-bond acceptors (Lipinski definition) is 1. The first-order valence-corrected chi connectivity index (χ1v) is 8.64. The molecular formula is C21H25ClN2. The molecule has 0 spiro atoms. The van der Waals surface area contributed by atoms with Crippen LogP contribution in [0.15, 0.2) is 48.5 Å². The number of aryl methyl sites for hydroxylation is 2. The third-order valence-electron chi connectivity index (χ3n) is 5.11. The second-order valence-corrected chi connectivity index (χ2v) is 6.81. The van der Waals surface area contributed by atoms with Crippen LogP contribution in [-0.2, 0) is 6.42 Å². The van der Waals surface area contributed by atoms with Crippen molar-refractivity contribution in [1.82, 2.24) is 10.3 Å². The zero-order valence-electron chi connectivity index (χ0n) is 14.3. The molecule has 126 valence electrons. The van der Waals surface area contributed by atoms with E-state index in [0.717, 1.165) is 0 Å². The number of nitrogens with one attached hydrogen (secondary N) is 2. The van der Waals surface area contributed by atoms with Crippen LogP contribution in [0.4, 0.5) is 0 Å². The maximum absolute atomic E-state index is 3.84. The van der Waals surface area contributed by atoms with Crippen LogP contribution < -0.4 is 5.32 Å². The van der Waals surface area contributed by atoms with E-state index in [2.05, 4.69) is 72.7 Å². The third kappa shape index (κ3) is 3.09. The molecule has 2 N–H and O–H groups in total. The fraction of sp³-hybridized carbons (Fsp3) is 0.333. The number of benzene rings is 2. The summed E-state index contributed by atoms with van der Waals surface area (Å²) in [4.78, 5) is 3.69. The molecule has 4 rings (SSSR count). The van der Waals surface area contributed by atoms with Gasteiger partial charge in [-0.1, -0.05) is 42.0 Å². The standard InChI is InChI=1S/C21H24N2.ClH/c1-14-11-12-19-18(13-14)17-9-6-10-20(21(17)23-19)22-15(2)16-7-4-3-5-8-16;/h3-5,7-8,11-13,15,20,22-23H,6,9-10H2,1-2H3;1H/t15-,20+;/m0./s1. The van der Waals surface area contributed by atoms with Crippen molar-refractivity contribution in [2.45, 2.75) is 45.2 Å². The number of halogens is 1. The predicted octanol–water partition coefficient (Wildman–Crippen LogP) is 5.63. The molecule has 0 amide bonds. The average molecular weight is 341 g/mol. The van der Waals surface area contributed by atoms with Gasteiger partial charge in [-0.15, -0.1) is 12.4 Å². The number of aromatic nitrogens is 1. The number of H-pyrrole nitrogens is 1. The lowest BCUT2D eigenvalue weighted by molar-refractivity contribution is 0.410. The molecule has 1 aromatic heterocycles. The van der Waals surface area contributed by atoms with Crippen molar-refractivity contribution >= 4 is 23.3 Å². The van der Waals surface area contributed by atoms with Gasteiger partial charge in [-0.2, -0.15) is 0 Å². The highest BCUT2D eigenvalue weighted by Crippen LogP contribution is 2.36. The molecule has 1 aliphatic rings. The first-order chi connectivity index (χ1) is 11.2. The molecule has 0 saturated heterocycles. The Balaban J connectivity index is 0.00000169. The lowest BCUT2D eigenvalue weighted by Gasteiger charge is -2.27. The summed E-state index contributed by atoms with van der Waals surface area (Å²) in [5.41, 5.74) is 6.90. The van der Waals surface area contributed by atoms with E-state index in [1.807, 2.05) is 0 Å². The van der Waals surface area contributed by atoms with Crippen LogP contribution in [0.2, 0.25) is 0 Å². The monoisotopic (exact) mass is 340 g/mol. The average Bonchev–Trinajstić information content (AvgIpc) is 2.95. The smallest absolute Gasteiger partial charge is 0.0480 e. The Kier molecular flexibility index (Phi) is 4.98. The molecule has 0 bridgehead atoms. The van der Waals surface area contributed by atoms with Crippen molar-refractivity contribution in [3.05, 3.63) is 70.9 Å². The maximum Gasteiger partial charge on any atom is 0.0480 e. The molecule has 2 atom stereocenters. The number of aromatic amines is 1. The van der Waals surface area contributed by atoms with E-state index in [9.17, 15) is 0 Å². The second kappa shape index (κ2) is 7.00. The molecule has 1 heterocycles. The van der Waals surface area contributed by atoms with Gasteiger partial charge in [0.2, 0.25) is 0 Å². The van der Waals surface area contributed by atoms with Crippen molar-refractivity contribution in [2.24, 2.45) is 0 Å². The van der Waals surface area contributed by atoms with Crippen LogP contribution >= 0.6 is 12.4 Å². The van der Waals surface area contributed by atoms with Crippen LogP contribution in [0.1, 0.15) is 54.2 Å². The molecule has 0 aliphatic heterocycles. The van der Waals surface area contributed by atoms with E-state index in [-0.39, 0.29) is 12.4 Å². The van der Waals surface area contributed by atoms with Crippen molar-refractivity contribution in [3.63, 3.8) is 0 Å². The normalized spacial score (nSPS) is 18.0. The molecule has 0 radical (unpaired) electrons. The van der Waals surface area contributed by atoms with Crippen molar-refractivity contribution < 1.29 is 0 Å².